The zero-order valence-corrected chi connectivity index (χ0v) is 11.8. The van der Waals surface area contributed by atoms with Crippen molar-refractivity contribution in [2.24, 2.45) is 0 Å². The standard InChI is InChI=1S/C18H21N/c1-3-19(2)18-11-7-6-10-17(18)16-13-12-14-8-4-5-9-15(14)16/h4-11,16H,3,12-13H2,1-2H3. The van der Waals surface area contributed by atoms with Crippen molar-refractivity contribution < 1.29 is 0 Å². The van der Waals surface area contributed by atoms with E-state index in [4.69, 9.17) is 0 Å². The van der Waals surface area contributed by atoms with Crippen LogP contribution in [0.1, 0.15) is 36.0 Å². The van der Waals surface area contributed by atoms with E-state index in [2.05, 4.69) is 67.4 Å². The average Bonchev–Trinajstić information content (AvgIpc) is 2.90. The first kappa shape index (κ1) is 12.3. The van der Waals surface area contributed by atoms with Gasteiger partial charge in [-0.1, -0.05) is 42.5 Å². The van der Waals surface area contributed by atoms with Gasteiger partial charge in [0.2, 0.25) is 0 Å². The molecule has 1 unspecified atom stereocenters. The number of rotatable bonds is 3. The number of benzene rings is 2. The summed E-state index contributed by atoms with van der Waals surface area (Å²) in [4.78, 5) is 2.34. The van der Waals surface area contributed by atoms with Crippen LogP contribution in [-0.4, -0.2) is 13.6 Å². The molecule has 0 spiro atoms. The number of anilines is 1. The summed E-state index contributed by atoms with van der Waals surface area (Å²) in [5.74, 6) is 0.571. The Morgan fingerprint density at radius 3 is 2.47 bits per heavy atom. The van der Waals surface area contributed by atoms with Crippen molar-refractivity contribution in [1.82, 2.24) is 0 Å². The summed E-state index contributed by atoms with van der Waals surface area (Å²) >= 11 is 0. The van der Waals surface area contributed by atoms with E-state index >= 15 is 0 Å². The molecule has 0 aliphatic heterocycles. The minimum Gasteiger partial charge on any atom is -0.375 e. The highest BCUT2D eigenvalue weighted by Gasteiger charge is 2.25. The van der Waals surface area contributed by atoms with Crippen LogP contribution in [0.25, 0.3) is 0 Å². The van der Waals surface area contributed by atoms with Crippen LogP contribution < -0.4 is 4.90 Å². The summed E-state index contributed by atoms with van der Waals surface area (Å²) in [5, 5.41) is 0. The Bertz CT molecular complexity index is 573. The summed E-state index contributed by atoms with van der Waals surface area (Å²) in [6.45, 7) is 3.25. The summed E-state index contributed by atoms with van der Waals surface area (Å²) in [6.07, 6.45) is 2.46. The number of para-hydroxylation sites is 1. The Balaban J connectivity index is 2.05. The van der Waals surface area contributed by atoms with Crippen molar-refractivity contribution in [3.8, 4) is 0 Å². The van der Waals surface area contributed by atoms with Crippen molar-refractivity contribution >= 4 is 5.69 Å². The fourth-order valence-electron chi connectivity index (χ4n) is 3.18. The second-order valence-electron chi connectivity index (χ2n) is 5.36. The lowest BCUT2D eigenvalue weighted by molar-refractivity contribution is 0.781. The molecule has 1 atom stereocenters. The molecule has 0 radical (unpaired) electrons. The molecule has 0 saturated carbocycles. The zero-order valence-electron chi connectivity index (χ0n) is 11.8. The highest BCUT2D eigenvalue weighted by molar-refractivity contribution is 5.58. The van der Waals surface area contributed by atoms with Gasteiger partial charge in [-0.2, -0.15) is 0 Å². The van der Waals surface area contributed by atoms with E-state index in [1.54, 1.807) is 0 Å². The van der Waals surface area contributed by atoms with Crippen molar-refractivity contribution in [2.45, 2.75) is 25.7 Å². The van der Waals surface area contributed by atoms with Gasteiger partial charge in [-0.3, -0.25) is 0 Å². The summed E-state index contributed by atoms with van der Waals surface area (Å²) in [5.41, 5.74) is 5.92. The smallest absolute Gasteiger partial charge is 0.0402 e. The van der Waals surface area contributed by atoms with Crippen LogP contribution in [0.3, 0.4) is 0 Å². The summed E-state index contributed by atoms with van der Waals surface area (Å²) in [6, 6.07) is 17.8. The molecule has 0 fully saturated rings. The SMILES string of the molecule is CCN(C)c1ccccc1C1CCc2ccccc21. The molecule has 1 heteroatoms. The van der Waals surface area contributed by atoms with E-state index in [1.165, 1.54) is 35.2 Å². The van der Waals surface area contributed by atoms with Gasteiger partial charge in [0.25, 0.3) is 0 Å². The number of fused-ring (bicyclic) bond motifs is 1. The second kappa shape index (κ2) is 5.08. The molecule has 3 rings (SSSR count). The van der Waals surface area contributed by atoms with Crippen molar-refractivity contribution in [3.63, 3.8) is 0 Å². The first-order valence-electron chi connectivity index (χ1n) is 7.19. The third-order valence-corrected chi connectivity index (χ3v) is 4.33. The van der Waals surface area contributed by atoms with Gasteiger partial charge in [-0.05, 0) is 42.5 Å². The lowest BCUT2D eigenvalue weighted by Gasteiger charge is -2.24. The lowest BCUT2D eigenvalue weighted by atomic mass is 9.91. The molecule has 0 N–H and O–H groups in total. The molecule has 0 aromatic heterocycles. The van der Waals surface area contributed by atoms with E-state index in [0.29, 0.717) is 5.92 Å². The molecule has 0 amide bonds. The van der Waals surface area contributed by atoms with E-state index in [9.17, 15) is 0 Å². The van der Waals surface area contributed by atoms with Gasteiger partial charge in [-0.25, -0.2) is 0 Å². The minimum atomic E-state index is 0.571. The number of hydrogen-bond acceptors (Lipinski definition) is 1. The molecular weight excluding hydrogens is 230 g/mol. The maximum atomic E-state index is 2.34. The second-order valence-corrected chi connectivity index (χ2v) is 5.36. The zero-order chi connectivity index (χ0) is 13.2. The monoisotopic (exact) mass is 251 g/mol. The molecule has 98 valence electrons. The third-order valence-electron chi connectivity index (χ3n) is 4.33. The normalized spacial score (nSPS) is 17.3. The van der Waals surface area contributed by atoms with Gasteiger partial charge >= 0.3 is 0 Å². The molecule has 1 aliphatic rings. The summed E-state index contributed by atoms with van der Waals surface area (Å²) < 4.78 is 0. The van der Waals surface area contributed by atoms with E-state index < -0.39 is 0 Å². The van der Waals surface area contributed by atoms with E-state index in [-0.39, 0.29) is 0 Å². The van der Waals surface area contributed by atoms with Crippen LogP contribution in [0.5, 0.6) is 0 Å². The van der Waals surface area contributed by atoms with E-state index in [1.807, 2.05) is 0 Å². The lowest BCUT2D eigenvalue weighted by Crippen LogP contribution is -2.18. The Morgan fingerprint density at radius 2 is 1.68 bits per heavy atom. The molecule has 2 aromatic carbocycles. The van der Waals surface area contributed by atoms with Crippen LogP contribution in [0.2, 0.25) is 0 Å². The van der Waals surface area contributed by atoms with Gasteiger partial charge in [0, 0.05) is 25.2 Å². The highest BCUT2D eigenvalue weighted by atomic mass is 15.1. The van der Waals surface area contributed by atoms with Crippen LogP contribution in [-0.2, 0) is 6.42 Å². The Kier molecular flexibility index (Phi) is 3.29. The number of aryl methyl sites for hydroxylation is 1. The molecule has 0 bridgehead atoms. The number of hydrogen-bond donors (Lipinski definition) is 0. The van der Waals surface area contributed by atoms with Gasteiger partial charge in [0.05, 0.1) is 0 Å². The number of nitrogens with zero attached hydrogens (tertiary/aromatic N) is 1. The van der Waals surface area contributed by atoms with Crippen LogP contribution >= 0.6 is 0 Å². The Morgan fingerprint density at radius 1 is 1.00 bits per heavy atom. The minimum absolute atomic E-state index is 0.571. The van der Waals surface area contributed by atoms with Crippen LogP contribution in [0, 0.1) is 0 Å². The quantitative estimate of drug-likeness (QED) is 0.789. The maximum absolute atomic E-state index is 2.34. The fourth-order valence-corrected chi connectivity index (χ4v) is 3.18. The van der Waals surface area contributed by atoms with Crippen LogP contribution in [0.4, 0.5) is 5.69 Å². The van der Waals surface area contributed by atoms with Gasteiger partial charge in [0.15, 0.2) is 0 Å². The Hall–Kier alpha value is -1.76. The molecule has 0 saturated heterocycles. The average molecular weight is 251 g/mol. The van der Waals surface area contributed by atoms with Crippen molar-refractivity contribution in [2.75, 3.05) is 18.5 Å². The Labute approximate surface area is 115 Å². The van der Waals surface area contributed by atoms with E-state index in [0.717, 1.165) is 6.54 Å². The molecule has 1 aliphatic carbocycles. The van der Waals surface area contributed by atoms with Crippen LogP contribution in [0.15, 0.2) is 48.5 Å². The predicted octanol–water partition coefficient (Wildman–Crippen LogP) is 4.22. The molecule has 1 nitrogen and oxygen atoms in total. The van der Waals surface area contributed by atoms with Crippen molar-refractivity contribution in [1.29, 1.82) is 0 Å². The predicted molar refractivity (Wildman–Crippen MR) is 82.0 cm³/mol. The van der Waals surface area contributed by atoms with Gasteiger partial charge in [-0.15, -0.1) is 0 Å². The fraction of sp³-hybridized carbons (Fsp3) is 0.333. The summed E-state index contributed by atoms with van der Waals surface area (Å²) in [7, 11) is 2.18. The van der Waals surface area contributed by atoms with Gasteiger partial charge in [0.1, 0.15) is 0 Å². The maximum Gasteiger partial charge on any atom is 0.0402 e. The van der Waals surface area contributed by atoms with Crippen molar-refractivity contribution in [3.05, 3.63) is 65.2 Å². The largest absolute Gasteiger partial charge is 0.375 e. The topological polar surface area (TPSA) is 3.24 Å². The van der Waals surface area contributed by atoms with Gasteiger partial charge < -0.3 is 4.90 Å². The molecule has 0 heterocycles. The first-order chi connectivity index (χ1) is 9.31. The third kappa shape index (κ3) is 2.14. The highest BCUT2D eigenvalue weighted by Crippen LogP contribution is 2.41. The first-order valence-corrected chi connectivity index (χ1v) is 7.19. The molecule has 19 heavy (non-hydrogen) atoms. The molecular formula is C18H21N. The molecule has 2 aromatic rings.